The van der Waals surface area contributed by atoms with Crippen LogP contribution in [0.2, 0.25) is 0 Å². The third-order valence-corrected chi connectivity index (χ3v) is 5.41. The summed E-state index contributed by atoms with van der Waals surface area (Å²) in [7, 11) is -3.64. The van der Waals surface area contributed by atoms with Crippen molar-refractivity contribution in [2.45, 2.75) is 30.2 Å². The molecule has 116 valence electrons. The van der Waals surface area contributed by atoms with E-state index in [1.54, 1.807) is 18.2 Å². The fraction of sp³-hybridized carbons (Fsp3) is 0.500. The minimum absolute atomic E-state index is 0.00300. The summed E-state index contributed by atoms with van der Waals surface area (Å²) in [5.74, 6) is -0.291. The number of aliphatic hydroxyl groups is 1. The second-order valence-electron chi connectivity index (χ2n) is 4.96. The number of aliphatic hydroxyl groups excluding tert-OH is 1. The van der Waals surface area contributed by atoms with Crippen LogP contribution in [0.5, 0.6) is 0 Å². The molecule has 1 aromatic carbocycles. The van der Waals surface area contributed by atoms with Gasteiger partial charge in [-0.3, -0.25) is 4.79 Å². The van der Waals surface area contributed by atoms with Gasteiger partial charge in [-0.2, -0.15) is 4.31 Å². The molecule has 21 heavy (non-hydrogen) atoms. The highest BCUT2D eigenvalue weighted by Crippen LogP contribution is 2.26. The summed E-state index contributed by atoms with van der Waals surface area (Å²) < 4.78 is 26.4. The quantitative estimate of drug-likeness (QED) is 0.742. The average Bonchev–Trinajstić information content (AvgIpc) is 2.98. The number of benzene rings is 1. The maximum atomic E-state index is 12.6. The Morgan fingerprint density at radius 1 is 1.33 bits per heavy atom. The molecule has 1 heterocycles. The normalized spacial score (nSPS) is 19.6. The zero-order chi connectivity index (χ0) is 15.3. The van der Waals surface area contributed by atoms with Crippen molar-refractivity contribution in [1.82, 2.24) is 9.62 Å². The van der Waals surface area contributed by atoms with Crippen LogP contribution in [0.4, 0.5) is 0 Å². The van der Waals surface area contributed by atoms with E-state index in [9.17, 15) is 13.2 Å². The Morgan fingerprint density at radius 3 is 2.71 bits per heavy atom. The Labute approximate surface area is 124 Å². The highest BCUT2D eigenvalue weighted by atomic mass is 32.2. The van der Waals surface area contributed by atoms with Gasteiger partial charge in [-0.15, -0.1) is 0 Å². The summed E-state index contributed by atoms with van der Waals surface area (Å²) in [4.78, 5) is 12.3. The number of rotatable bonds is 6. The first-order valence-corrected chi connectivity index (χ1v) is 8.47. The lowest BCUT2D eigenvalue weighted by molar-refractivity contribution is -0.124. The highest BCUT2D eigenvalue weighted by molar-refractivity contribution is 7.89. The molecule has 1 atom stereocenters. The molecule has 1 aliphatic heterocycles. The van der Waals surface area contributed by atoms with Crippen LogP contribution >= 0.6 is 0 Å². The number of hydrogen-bond acceptors (Lipinski definition) is 4. The Balaban J connectivity index is 2.13. The molecule has 1 saturated heterocycles. The van der Waals surface area contributed by atoms with Gasteiger partial charge in [-0.25, -0.2) is 8.42 Å². The summed E-state index contributed by atoms with van der Waals surface area (Å²) in [5.41, 5.74) is 0. The molecule has 7 heteroatoms. The van der Waals surface area contributed by atoms with Crippen molar-refractivity contribution >= 4 is 15.9 Å². The minimum Gasteiger partial charge on any atom is -0.396 e. The molecule has 0 aromatic heterocycles. The van der Waals surface area contributed by atoms with E-state index in [-0.39, 0.29) is 17.4 Å². The van der Waals surface area contributed by atoms with Crippen molar-refractivity contribution in [3.63, 3.8) is 0 Å². The largest absolute Gasteiger partial charge is 0.396 e. The fourth-order valence-corrected chi connectivity index (χ4v) is 4.10. The molecule has 1 aromatic rings. The van der Waals surface area contributed by atoms with E-state index in [0.717, 1.165) is 0 Å². The lowest BCUT2D eigenvalue weighted by atomic mass is 10.2. The molecule has 0 aliphatic carbocycles. The Hall–Kier alpha value is -1.44. The molecule has 0 spiro atoms. The van der Waals surface area contributed by atoms with Crippen molar-refractivity contribution in [3.8, 4) is 0 Å². The van der Waals surface area contributed by atoms with Crippen LogP contribution < -0.4 is 5.32 Å². The van der Waals surface area contributed by atoms with Gasteiger partial charge in [0.2, 0.25) is 15.9 Å². The second kappa shape index (κ2) is 7.02. The van der Waals surface area contributed by atoms with Crippen molar-refractivity contribution in [3.05, 3.63) is 30.3 Å². The number of nitrogens with one attached hydrogen (secondary N) is 1. The number of amides is 1. The number of nitrogens with zero attached hydrogens (tertiary/aromatic N) is 1. The van der Waals surface area contributed by atoms with Gasteiger partial charge in [0.25, 0.3) is 0 Å². The molecule has 0 bridgehead atoms. The molecule has 2 N–H and O–H groups in total. The van der Waals surface area contributed by atoms with E-state index >= 15 is 0 Å². The lowest BCUT2D eigenvalue weighted by Gasteiger charge is -2.23. The van der Waals surface area contributed by atoms with Gasteiger partial charge in [-0.1, -0.05) is 18.2 Å². The minimum atomic E-state index is -3.64. The second-order valence-corrected chi connectivity index (χ2v) is 6.85. The molecule has 1 fully saturated rings. The van der Waals surface area contributed by atoms with Crippen LogP contribution in [0, 0.1) is 0 Å². The van der Waals surface area contributed by atoms with Gasteiger partial charge in [0.1, 0.15) is 6.04 Å². The summed E-state index contributed by atoms with van der Waals surface area (Å²) in [6.45, 7) is 0.706. The van der Waals surface area contributed by atoms with Crippen molar-refractivity contribution in [2.24, 2.45) is 0 Å². The zero-order valence-corrected chi connectivity index (χ0v) is 12.6. The Kier molecular flexibility index (Phi) is 5.33. The van der Waals surface area contributed by atoms with Crippen LogP contribution in [-0.4, -0.2) is 49.5 Å². The molecular formula is C14H20N2O4S. The van der Waals surface area contributed by atoms with Gasteiger partial charge in [0.15, 0.2) is 0 Å². The van der Waals surface area contributed by atoms with E-state index in [4.69, 9.17) is 5.11 Å². The number of sulfonamides is 1. The molecule has 1 amide bonds. The maximum absolute atomic E-state index is 12.6. The zero-order valence-electron chi connectivity index (χ0n) is 11.7. The van der Waals surface area contributed by atoms with E-state index in [1.807, 2.05) is 0 Å². The number of carbonyl (C=O) groups excluding carboxylic acids is 1. The first-order chi connectivity index (χ1) is 10.1. The topological polar surface area (TPSA) is 86.7 Å². The number of carbonyl (C=O) groups is 1. The van der Waals surface area contributed by atoms with Crippen molar-refractivity contribution < 1.29 is 18.3 Å². The predicted molar refractivity (Wildman–Crippen MR) is 78.1 cm³/mol. The van der Waals surface area contributed by atoms with Gasteiger partial charge in [-0.05, 0) is 31.4 Å². The molecule has 0 radical (unpaired) electrons. The average molecular weight is 312 g/mol. The molecule has 2 rings (SSSR count). The smallest absolute Gasteiger partial charge is 0.243 e. The van der Waals surface area contributed by atoms with E-state index in [1.165, 1.54) is 16.4 Å². The molecule has 1 unspecified atom stereocenters. The third-order valence-electron chi connectivity index (χ3n) is 3.49. The van der Waals surface area contributed by atoms with Crippen LogP contribution in [0.3, 0.4) is 0 Å². The summed E-state index contributed by atoms with van der Waals surface area (Å²) in [5, 5.41) is 11.4. The van der Waals surface area contributed by atoms with Crippen LogP contribution in [0.25, 0.3) is 0 Å². The molecular weight excluding hydrogens is 292 g/mol. The summed E-state index contributed by atoms with van der Waals surface area (Å²) in [6.07, 6.45) is 1.66. The standard InChI is InChI=1S/C14H20N2O4S/c17-11-5-9-15-14(18)13-8-4-10-16(13)21(19,20)12-6-2-1-3-7-12/h1-3,6-7,13,17H,4-5,8-11H2,(H,15,18). The number of hydrogen-bond donors (Lipinski definition) is 2. The van der Waals surface area contributed by atoms with Gasteiger partial charge in [0, 0.05) is 19.7 Å². The monoisotopic (exact) mass is 312 g/mol. The van der Waals surface area contributed by atoms with E-state index in [2.05, 4.69) is 5.32 Å². The molecule has 0 saturated carbocycles. The van der Waals surface area contributed by atoms with Gasteiger partial charge in [0.05, 0.1) is 4.90 Å². The van der Waals surface area contributed by atoms with Crippen molar-refractivity contribution in [2.75, 3.05) is 19.7 Å². The van der Waals surface area contributed by atoms with Gasteiger partial charge >= 0.3 is 0 Å². The van der Waals surface area contributed by atoms with E-state index < -0.39 is 16.1 Å². The first kappa shape index (κ1) is 15.9. The van der Waals surface area contributed by atoms with Crippen LogP contribution in [-0.2, 0) is 14.8 Å². The van der Waals surface area contributed by atoms with Crippen LogP contribution in [0.1, 0.15) is 19.3 Å². The van der Waals surface area contributed by atoms with Gasteiger partial charge < -0.3 is 10.4 Å². The highest BCUT2D eigenvalue weighted by Gasteiger charge is 2.39. The third kappa shape index (κ3) is 3.61. The van der Waals surface area contributed by atoms with E-state index in [0.29, 0.717) is 32.4 Å². The SMILES string of the molecule is O=C(NCCCO)C1CCCN1S(=O)(=O)c1ccccc1. The first-order valence-electron chi connectivity index (χ1n) is 7.03. The summed E-state index contributed by atoms with van der Waals surface area (Å²) >= 11 is 0. The van der Waals surface area contributed by atoms with Crippen molar-refractivity contribution in [1.29, 1.82) is 0 Å². The molecule has 6 nitrogen and oxygen atoms in total. The predicted octanol–water partition coefficient (Wildman–Crippen LogP) is 0.338. The Morgan fingerprint density at radius 2 is 2.05 bits per heavy atom. The maximum Gasteiger partial charge on any atom is 0.243 e. The fourth-order valence-electron chi connectivity index (χ4n) is 2.43. The Bertz CT molecular complexity index is 574. The summed E-state index contributed by atoms with van der Waals surface area (Å²) in [6, 6.07) is 7.50. The van der Waals surface area contributed by atoms with Crippen LogP contribution in [0.15, 0.2) is 35.2 Å². The molecule has 1 aliphatic rings. The lowest BCUT2D eigenvalue weighted by Crippen LogP contribution is -2.46.